The molecule has 0 spiro atoms. The van der Waals surface area contributed by atoms with Crippen molar-refractivity contribution in [1.82, 2.24) is 5.32 Å². The predicted octanol–water partition coefficient (Wildman–Crippen LogP) is 3.59. The van der Waals surface area contributed by atoms with Crippen LogP contribution in [0.3, 0.4) is 0 Å². The van der Waals surface area contributed by atoms with E-state index in [9.17, 15) is 14.0 Å². The van der Waals surface area contributed by atoms with Crippen LogP contribution in [0.25, 0.3) is 0 Å². The number of rotatable bonds is 6. The van der Waals surface area contributed by atoms with Gasteiger partial charge >= 0.3 is 0 Å². The zero-order valence-corrected chi connectivity index (χ0v) is 15.8. The SMILES string of the molecule is CC1(C)CC(=O)N(CC(=O)NCCCc2ccc(F)cc2)c2ccccc21. The second kappa shape index (κ2) is 7.91. The summed E-state index contributed by atoms with van der Waals surface area (Å²) in [5.41, 5.74) is 2.72. The summed E-state index contributed by atoms with van der Waals surface area (Å²) < 4.78 is 12.9. The predicted molar refractivity (Wildman–Crippen MR) is 104 cm³/mol. The highest BCUT2D eigenvalue weighted by Crippen LogP contribution is 2.39. The molecule has 2 aromatic rings. The number of aryl methyl sites for hydroxylation is 1. The number of anilines is 1. The molecule has 2 amide bonds. The maximum atomic E-state index is 12.9. The third-order valence-corrected chi connectivity index (χ3v) is 5.00. The summed E-state index contributed by atoms with van der Waals surface area (Å²) in [7, 11) is 0. The van der Waals surface area contributed by atoms with Gasteiger partial charge in [0.1, 0.15) is 12.4 Å². The Hall–Kier alpha value is -2.69. The van der Waals surface area contributed by atoms with Crippen molar-refractivity contribution in [3.8, 4) is 0 Å². The van der Waals surface area contributed by atoms with Gasteiger partial charge in [0.2, 0.25) is 11.8 Å². The summed E-state index contributed by atoms with van der Waals surface area (Å²) in [6.07, 6.45) is 1.91. The van der Waals surface area contributed by atoms with E-state index in [1.165, 1.54) is 12.1 Å². The highest BCUT2D eigenvalue weighted by Gasteiger charge is 2.36. The van der Waals surface area contributed by atoms with Gasteiger partial charge in [-0.2, -0.15) is 0 Å². The Morgan fingerprint density at radius 2 is 1.85 bits per heavy atom. The number of para-hydroxylation sites is 1. The minimum Gasteiger partial charge on any atom is -0.355 e. The van der Waals surface area contributed by atoms with Gasteiger partial charge in [0.15, 0.2) is 0 Å². The lowest BCUT2D eigenvalue weighted by molar-refractivity contribution is -0.124. The monoisotopic (exact) mass is 368 g/mol. The number of halogens is 1. The van der Waals surface area contributed by atoms with Crippen LogP contribution in [0.5, 0.6) is 0 Å². The zero-order chi connectivity index (χ0) is 19.4. The molecule has 4 nitrogen and oxygen atoms in total. The Morgan fingerprint density at radius 1 is 1.15 bits per heavy atom. The number of amides is 2. The average molecular weight is 368 g/mol. The van der Waals surface area contributed by atoms with E-state index in [1.807, 2.05) is 24.3 Å². The van der Waals surface area contributed by atoms with E-state index in [-0.39, 0.29) is 29.6 Å². The smallest absolute Gasteiger partial charge is 0.240 e. The van der Waals surface area contributed by atoms with Crippen LogP contribution in [-0.2, 0) is 21.4 Å². The van der Waals surface area contributed by atoms with Gasteiger partial charge in [-0.1, -0.05) is 44.2 Å². The van der Waals surface area contributed by atoms with Crippen LogP contribution in [0.15, 0.2) is 48.5 Å². The van der Waals surface area contributed by atoms with Crippen molar-refractivity contribution in [3.05, 3.63) is 65.5 Å². The number of carbonyl (C=O) groups is 2. The molecule has 5 heteroatoms. The van der Waals surface area contributed by atoms with Gasteiger partial charge in [-0.3, -0.25) is 9.59 Å². The summed E-state index contributed by atoms with van der Waals surface area (Å²) in [4.78, 5) is 26.5. The normalized spacial score (nSPS) is 15.4. The first kappa shape index (κ1) is 19.1. The van der Waals surface area contributed by atoms with E-state index in [0.29, 0.717) is 13.0 Å². The number of nitrogens with one attached hydrogen (secondary N) is 1. The van der Waals surface area contributed by atoms with Gasteiger partial charge < -0.3 is 10.2 Å². The lowest BCUT2D eigenvalue weighted by Crippen LogP contribution is -2.46. The van der Waals surface area contributed by atoms with Crippen molar-refractivity contribution in [2.45, 2.75) is 38.5 Å². The molecule has 3 rings (SSSR count). The molecule has 1 aliphatic rings. The van der Waals surface area contributed by atoms with Gasteiger partial charge in [0, 0.05) is 24.1 Å². The highest BCUT2D eigenvalue weighted by molar-refractivity contribution is 6.02. The Balaban J connectivity index is 1.54. The van der Waals surface area contributed by atoms with E-state index in [0.717, 1.165) is 29.7 Å². The van der Waals surface area contributed by atoms with E-state index in [4.69, 9.17) is 0 Å². The van der Waals surface area contributed by atoms with E-state index in [2.05, 4.69) is 19.2 Å². The van der Waals surface area contributed by atoms with Crippen LogP contribution in [0, 0.1) is 5.82 Å². The zero-order valence-electron chi connectivity index (χ0n) is 15.8. The molecule has 0 saturated heterocycles. The standard InChI is InChI=1S/C22H25FN2O2/c1-22(2)14-21(27)25(19-8-4-3-7-18(19)22)15-20(26)24-13-5-6-16-9-11-17(23)12-10-16/h3-4,7-12H,5-6,13-15H2,1-2H3,(H,24,26). The van der Waals surface area contributed by atoms with Crippen LogP contribution in [-0.4, -0.2) is 24.9 Å². The maximum Gasteiger partial charge on any atom is 0.240 e. The Bertz CT molecular complexity index is 830. The third kappa shape index (κ3) is 4.54. The molecule has 1 N–H and O–H groups in total. The number of fused-ring (bicyclic) bond motifs is 1. The largest absolute Gasteiger partial charge is 0.355 e. The van der Waals surface area contributed by atoms with Crippen LogP contribution in [0.4, 0.5) is 10.1 Å². The molecule has 142 valence electrons. The molecule has 0 fully saturated rings. The quantitative estimate of drug-likeness (QED) is 0.792. The summed E-state index contributed by atoms with van der Waals surface area (Å²) in [5, 5.41) is 2.88. The van der Waals surface area contributed by atoms with Crippen LogP contribution < -0.4 is 10.2 Å². The van der Waals surface area contributed by atoms with E-state index < -0.39 is 0 Å². The maximum absolute atomic E-state index is 12.9. The number of carbonyl (C=O) groups excluding carboxylic acids is 2. The summed E-state index contributed by atoms with van der Waals surface area (Å²) >= 11 is 0. The molecule has 0 radical (unpaired) electrons. The fourth-order valence-corrected chi connectivity index (χ4v) is 3.53. The van der Waals surface area contributed by atoms with Crippen molar-refractivity contribution >= 4 is 17.5 Å². The molecular weight excluding hydrogens is 343 g/mol. The minimum atomic E-state index is -0.248. The molecule has 1 aliphatic heterocycles. The van der Waals surface area contributed by atoms with Gasteiger partial charge in [0.05, 0.1) is 0 Å². The second-order valence-electron chi connectivity index (χ2n) is 7.64. The summed E-state index contributed by atoms with van der Waals surface area (Å²) in [5.74, 6) is -0.446. The van der Waals surface area contributed by atoms with Crippen LogP contribution >= 0.6 is 0 Å². The average Bonchev–Trinajstić information content (AvgIpc) is 2.63. The first-order chi connectivity index (χ1) is 12.9. The van der Waals surface area contributed by atoms with Gasteiger partial charge in [-0.15, -0.1) is 0 Å². The van der Waals surface area contributed by atoms with Gasteiger partial charge in [-0.05, 0) is 42.2 Å². The Labute approximate surface area is 159 Å². The first-order valence-corrected chi connectivity index (χ1v) is 9.28. The molecule has 0 atom stereocenters. The van der Waals surface area contributed by atoms with Crippen molar-refractivity contribution in [2.24, 2.45) is 0 Å². The summed E-state index contributed by atoms with van der Waals surface area (Å²) in [6.45, 7) is 4.65. The lowest BCUT2D eigenvalue weighted by atomic mass is 9.77. The number of benzene rings is 2. The molecule has 2 aromatic carbocycles. The van der Waals surface area contributed by atoms with E-state index >= 15 is 0 Å². The fourth-order valence-electron chi connectivity index (χ4n) is 3.53. The molecule has 27 heavy (non-hydrogen) atoms. The third-order valence-electron chi connectivity index (χ3n) is 5.00. The molecule has 0 aromatic heterocycles. The van der Waals surface area contributed by atoms with Crippen LogP contribution in [0.2, 0.25) is 0 Å². The number of nitrogens with zero attached hydrogens (tertiary/aromatic N) is 1. The lowest BCUT2D eigenvalue weighted by Gasteiger charge is -2.38. The number of hydrogen-bond acceptors (Lipinski definition) is 2. The molecule has 0 bridgehead atoms. The van der Waals surface area contributed by atoms with Crippen molar-refractivity contribution in [3.63, 3.8) is 0 Å². The fraction of sp³-hybridized carbons (Fsp3) is 0.364. The van der Waals surface area contributed by atoms with Gasteiger partial charge in [-0.25, -0.2) is 4.39 Å². The highest BCUT2D eigenvalue weighted by atomic mass is 19.1. The second-order valence-corrected chi connectivity index (χ2v) is 7.64. The molecule has 0 saturated carbocycles. The summed E-state index contributed by atoms with van der Waals surface area (Å²) in [6, 6.07) is 14.2. The molecule has 0 unspecified atom stereocenters. The Morgan fingerprint density at radius 3 is 2.59 bits per heavy atom. The van der Waals surface area contributed by atoms with Crippen molar-refractivity contribution in [1.29, 1.82) is 0 Å². The Kier molecular flexibility index (Phi) is 5.59. The van der Waals surface area contributed by atoms with Gasteiger partial charge in [0.25, 0.3) is 0 Å². The van der Waals surface area contributed by atoms with E-state index in [1.54, 1.807) is 17.0 Å². The minimum absolute atomic E-state index is 0.0276. The first-order valence-electron chi connectivity index (χ1n) is 9.28. The molecule has 1 heterocycles. The molecular formula is C22H25FN2O2. The molecule has 0 aliphatic carbocycles. The topological polar surface area (TPSA) is 49.4 Å². The van der Waals surface area contributed by atoms with Crippen LogP contribution in [0.1, 0.15) is 37.8 Å². The van der Waals surface area contributed by atoms with Crippen molar-refractivity contribution in [2.75, 3.05) is 18.0 Å². The van der Waals surface area contributed by atoms with Crippen molar-refractivity contribution < 1.29 is 14.0 Å². The number of hydrogen-bond donors (Lipinski definition) is 1.